The predicted octanol–water partition coefficient (Wildman–Crippen LogP) is 2.97. The Bertz CT molecular complexity index is 1360. The van der Waals surface area contributed by atoms with E-state index in [1.807, 2.05) is 47.4 Å². The van der Waals surface area contributed by atoms with Crippen molar-refractivity contribution in [1.82, 2.24) is 19.4 Å². The highest BCUT2D eigenvalue weighted by Gasteiger charge is 2.23. The van der Waals surface area contributed by atoms with Crippen LogP contribution < -0.4 is 10.5 Å². The Labute approximate surface area is 201 Å². The zero-order valence-corrected chi connectivity index (χ0v) is 19.9. The SMILES string of the molecule is COCCn1c(SCC(=O)N2CCN(c3ccccc3)CC2)nc2c([nH]c3ccccc32)c1=O. The van der Waals surface area contributed by atoms with Crippen LogP contribution in [0.15, 0.2) is 64.5 Å². The maximum absolute atomic E-state index is 13.3. The van der Waals surface area contributed by atoms with E-state index >= 15 is 0 Å². The summed E-state index contributed by atoms with van der Waals surface area (Å²) in [6, 6.07) is 18.0. The molecule has 34 heavy (non-hydrogen) atoms. The Hall–Kier alpha value is -3.30. The minimum atomic E-state index is -0.148. The van der Waals surface area contributed by atoms with Crippen LogP contribution in [0.25, 0.3) is 21.9 Å². The summed E-state index contributed by atoms with van der Waals surface area (Å²) in [6.07, 6.45) is 0. The minimum absolute atomic E-state index is 0.0595. The van der Waals surface area contributed by atoms with Crippen LogP contribution in [0.4, 0.5) is 5.69 Å². The number of H-pyrrole nitrogens is 1. The normalized spacial score (nSPS) is 14.3. The van der Waals surface area contributed by atoms with Crippen molar-refractivity contribution in [2.75, 3.05) is 50.5 Å². The summed E-state index contributed by atoms with van der Waals surface area (Å²) in [5.74, 6) is 0.294. The summed E-state index contributed by atoms with van der Waals surface area (Å²) in [5, 5.41) is 1.44. The van der Waals surface area contributed by atoms with Crippen molar-refractivity contribution >= 4 is 45.3 Å². The lowest BCUT2D eigenvalue weighted by Gasteiger charge is -2.36. The molecule has 176 valence electrons. The quantitative estimate of drug-likeness (QED) is 0.326. The molecule has 0 aliphatic carbocycles. The number of para-hydroxylation sites is 2. The first-order valence-electron chi connectivity index (χ1n) is 11.4. The summed E-state index contributed by atoms with van der Waals surface area (Å²) < 4.78 is 6.81. The van der Waals surface area contributed by atoms with Crippen LogP contribution in [0.1, 0.15) is 0 Å². The van der Waals surface area contributed by atoms with Crippen LogP contribution in [0, 0.1) is 0 Å². The lowest BCUT2D eigenvalue weighted by molar-refractivity contribution is -0.128. The zero-order chi connectivity index (χ0) is 23.5. The highest BCUT2D eigenvalue weighted by molar-refractivity contribution is 7.99. The van der Waals surface area contributed by atoms with Gasteiger partial charge < -0.3 is 19.5 Å². The van der Waals surface area contributed by atoms with Gasteiger partial charge in [0.25, 0.3) is 5.56 Å². The molecule has 1 amide bonds. The molecule has 0 saturated carbocycles. The van der Waals surface area contributed by atoms with Gasteiger partial charge in [0.05, 0.1) is 18.9 Å². The number of nitrogens with one attached hydrogen (secondary N) is 1. The van der Waals surface area contributed by atoms with E-state index in [-0.39, 0.29) is 17.2 Å². The van der Waals surface area contributed by atoms with E-state index in [0.717, 1.165) is 24.0 Å². The maximum Gasteiger partial charge on any atom is 0.278 e. The lowest BCUT2D eigenvalue weighted by atomic mass is 10.2. The fourth-order valence-corrected chi connectivity index (χ4v) is 5.26. The molecule has 2 aromatic heterocycles. The van der Waals surface area contributed by atoms with Gasteiger partial charge in [-0.2, -0.15) is 0 Å². The Morgan fingerprint density at radius 2 is 1.79 bits per heavy atom. The first-order valence-corrected chi connectivity index (χ1v) is 12.3. The lowest BCUT2D eigenvalue weighted by Crippen LogP contribution is -2.49. The van der Waals surface area contributed by atoms with E-state index in [1.165, 1.54) is 17.4 Å². The third kappa shape index (κ3) is 4.41. The largest absolute Gasteiger partial charge is 0.383 e. The molecule has 1 saturated heterocycles. The molecule has 1 fully saturated rings. The highest BCUT2D eigenvalue weighted by Crippen LogP contribution is 2.25. The number of rotatable bonds is 7. The summed E-state index contributed by atoms with van der Waals surface area (Å²) in [5.41, 5.74) is 3.02. The van der Waals surface area contributed by atoms with Gasteiger partial charge in [0, 0.05) is 49.9 Å². The number of benzene rings is 2. The molecule has 4 aromatic rings. The van der Waals surface area contributed by atoms with Crippen LogP contribution in [0.3, 0.4) is 0 Å². The van der Waals surface area contributed by atoms with Crippen molar-refractivity contribution in [3.05, 3.63) is 65.0 Å². The number of ether oxygens (including phenoxy) is 1. The number of piperazine rings is 1. The van der Waals surface area contributed by atoms with Gasteiger partial charge in [-0.05, 0) is 18.2 Å². The van der Waals surface area contributed by atoms with Gasteiger partial charge in [-0.15, -0.1) is 0 Å². The summed E-state index contributed by atoms with van der Waals surface area (Å²) >= 11 is 1.31. The van der Waals surface area contributed by atoms with Crippen molar-refractivity contribution in [3.8, 4) is 0 Å². The number of carbonyl (C=O) groups is 1. The molecule has 0 unspecified atom stereocenters. The van der Waals surface area contributed by atoms with Crippen LogP contribution in [-0.2, 0) is 16.1 Å². The molecule has 9 heteroatoms. The molecule has 3 heterocycles. The number of fused-ring (bicyclic) bond motifs is 3. The second-order valence-corrected chi connectivity index (χ2v) is 9.17. The molecule has 8 nitrogen and oxygen atoms in total. The molecular formula is C25H27N5O3S. The van der Waals surface area contributed by atoms with Crippen molar-refractivity contribution in [2.24, 2.45) is 0 Å². The van der Waals surface area contributed by atoms with E-state index in [2.05, 4.69) is 22.0 Å². The van der Waals surface area contributed by atoms with E-state index in [0.29, 0.717) is 42.4 Å². The second-order valence-electron chi connectivity index (χ2n) is 8.23. The highest BCUT2D eigenvalue weighted by atomic mass is 32.2. The Morgan fingerprint density at radius 1 is 1.06 bits per heavy atom. The third-order valence-corrected chi connectivity index (χ3v) is 7.13. The molecule has 1 aliphatic heterocycles. The number of aromatic nitrogens is 3. The van der Waals surface area contributed by atoms with Gasteiger partial charge in [0.2, 0.25) is 5.91 Å². The second kappa shape index (κ2) is 9.90. The van der Waals surface area contributed by atoms with E-state index in [4.69, 9.17) is 9.72 Å². The standard InChI is InChI=1S/C25H27N5O3S/c1-33-16-15-30-24(32)23-22(19-9-5-6-10-20(19)26-23)27-25(30)34-17-21(31)29-13-11-28(12-14-29)18-7-3-2-4-8-18/h2-10,26H,11-17H2,1H3. The van der Waals surface area contributed by atoms with Gasteiger partial charge in [-0.3, -0.25) is 14.2 Å². The first-order chi connectivity index (χ1) is 16.7. The van der Waals surface area contributed by atoms with Crippen molar-refractivity contribution in [2.45, 2.75) is 11.7 Å². The van der Waals surface area contributed by atoms with Crippen LogP contribution >= 0.6 is 11.8 Å². The molecule has 1 aliphatic rings. The minimum Gasteiger partial charge on any atom is -0.383 e. The average molecular weight is 478 g/mol. The molecule has 1 N–H and O–H groups in total. The number of amides is 1. The number of nitrogens with zero attached hydrogens (tertiary/aromatic N) is 4. The van der Waals surface area contributed by atoms with Crippen molar-refractivity contribution in [3.63, 3.8) is 0 Å². The van der Waals surface area contributed by atoms with Crippen molar-refractivity contribution in [1.29, 1.82) is 0 Å². The monoisotopic (exact) mass is 477 g/mol. The third-order valence-electron chi connectivity index (χ3n) is 6.17. The van der Waals surface area contributed by atoms with Crippen LogP contribution in [0.5, 0.6) is 0 Å². The molecule has 5 rings (SSSR count). The number of hydrogen-bond donors (Lipinski definition) is 1. The number of anilines is 1. The topological polar surface area (TPSA) is 83.5 Å². The first kappa shape index (κ1) is 22.5. The van der Waals surface area contributed by atoms with Crippen LogP contribution in [-0.4, -0.2) is 71.0 Å². The Balaban J connectivity index is 1.33. The summed E-state index contributed by atoms with van der Waals surface area (Å²) in [6.45, 7) is 3.73. The molecule has 0 atom stereocenters. The molecular weight excluding hydrogens is 450 g/mol. The Kier molecular flexibility index (Phi) is 6.55. The van der Waals surface area contributed by atoms with E-state index in [9.17, 15) is 9.59 Å². The fourth-order valence-electron chi connectivity index (χ4n) is 4.34. The number of thioether (sulfide) groups is 1. The smallest absolute Gasteiger partial charge is 0.278 e. The summed E-state index contributed by atoms with van der Waals surface area (Å²) in [7, 11) is 1.60. The van der Waals surface area contributed by atoms with E-state index < -0.39 is 0 Å². The van der Waals surface area contributed by atoms with Gasteiger partial charge in [0.15, 0.2) is 5.16 Å². The molecule has 0 radical (unpaired) electrons. The van der Waals surface area contributed by atoms with E-state index in [1.54, 1.807) is 11.7 Å². The number of aromatic amines is 1. The molecule has 0 bridgehead atoms. The molecule has 0 spiro atoms. The van der Waals surface area contributed by atoms with Gasteiger partial charge in [-0.25, -0.2) is 4.98 Å². The van der Waals surface area contributed by atoms with Gasteiger partial charge in [-0.1, -0.05) is 48.2 Å². The molecule has 2 aromatic carbocycles. The van der Waals surface area contributed by atoms with Crippen LogP contribution in [0.2, 0.25) is 0 Å². The predicted molar refractivity (Wildman–Crippen MR) is 136 cm³/mol. The fraction of sp³-hybridized carbons (Fsp3) is 0.320. The maximum atomic E-state index is 13.3. The average Bonchev–Trinajstić information content (AvgIpc) is 3.26. The summed E-state index contributed by atoms with van der Waals surface area (Å²) in [4.78, 5) is 38.5. The van der Waals surface area contributed by atoms with Gasteiger partial charge >= 0.3 is 0 Å². The number of hydrogen-bond acceptors (Lipinski definition) is 6. The van der Waals surface area contributed by atoms with Crippen molar-refractivity contribution < 1.29 is 9.53 Å². The Morgan fingerprint density at radius 3 is 2.56 bits per heavy atom. The number of carbonyl (C=O) groups excluding carboxylic acids is 1. The number of methoxy groups -OCH3 is 1. The zero-order valence-electron chi connectivity index (χ0n) is 19.1. The van der Waals surface area contributed by atoms with Gasteiger partial charge in [0.1, 0.15) is 11.0 Å².